The molecular weight excluding hydrogens is 396 g/mol. The van der Waals surface area contributed by atoms with Gasteiger partial charge in [0.25, 0.3) is 0 Å². The topological polar surface area (TPSA) is 105 Å². The lowest BCUT2D eigenvalue weighted by Crippen LogP contribution is -2.42. The number of aliphatic carboxylic acids is 1. The maximum atomic E-state index is 12.4. The summed E-state index contributed by atoms with van der Waals surface area (Å²) in [5.41, 5.74) is 4.61. The quantitative estimate of drug-likeness (QED) is 0.623. The molecule has 2 amide bonds. The van der Waals surface area contributed by atoms with E-state index < -0.39 is 18.6 Å². The van der Waals surface area contributed by atoms with Crippen molar-refractivity contribution < 1.29 is 24.2 Å². The number of nitrogens with one attached hydrogen (secondary N) is 2. The predicted molar refractivity (Wildman–Crippen MR) is 115 cm³/mol. The number of rotatable bonds is 6. The number of carbonyl (C=O) groups is 3. The highest BCUT2D eigenvalue weighted by molar-refractivity contribution is 5.83. The van der Waals surface area contributed by atoms with Gasteiger partial charge in [-0.25, -0.2) is 4.79 Å². The molecule has 2 unspecified atom stereocenters. The number of hydrogen-bond acceptors (Lipinski definition) is 4. The molecule has 0 saturated heterocycles. The first kappa shape index (κ1) is 20.7. The Labute approximate surface area is 180 Å². The summed E-state index contributed by atoms with van der Waals surface area (Å²) in [7, 11) is 0. The SMILES string of the molecule is O=C(O)CNC(=O)C1CC=CC(NC(=O)OCC2c3ccccc3-c3ccccc32)C1. The van der Waals surface area contributed by atoms with Gasteiger partial charge in [0.05, 0.1) is 6.04 Å². The van der Waals surface area contributed by atoms with Gasteiger partial charge in [-0.05, 0) is 35.1 Å². The molecule has 31 heavy (non-hydrogen) atoms. The number of fused-ring (bicyclic) bond motifs is 3. The molecule has 2 aliphatic carbocycles. The minimum absolute atomic E-state index is 0.0189. The van der Waals surface area contributed by atoms with Crippen LogP contribution in [0.2, 0.25) is 0 Å². The molecule has 7 nitrogen and oxygen atoms in total. The standard InChI is InChI=1S/C24H24N2O5/c27-22(28)13-25-23(29)15-6-5-7-16(12-15)26-24(30)31-14-21-19-10-3-1-8-17(19)18-9-2-4-11-20(18)21/h1-5,7-11,15-16,21H,6,12-14H2,(H,25,29)(H,26,30)(H,27,28). The van der Waals surface area contributed by atoms with Gasteiger partial charge >= 0.3 is 12.1 Å². The summed E-state index contributed by atoms with van der Waals surface area (Å²) < 4.78 is 5.55. The van der Waals surface area contributed by atoms with Gasteiger partial charge in [-0.1, -0.05) is 60.7 Å². The molecule has 0 aromatic heterocycles. The van der Waals surface area contributed by atoms with Crippen molar-refractivity contribution in [1.82, 2.24) is 10.6 Å². The second-order valence-corrected chi connectivity index (χ2v) is 7.78. The first-order valence-electron chi connectivity index (χ1n) is 10.3. The van der Waals surface area contributed by atoms with Crippen molar-refractivity contribution in [2.45, 2.75) is 24.8 Å². The number of carboxylic acid groups (broad SMARTS) is 1. The number of alkyl carbamates (subject to hydrolysis) is 1. The number of carbonyl (C=O) groups excluding carboxylic acids is 2. The summed E-state index contributed by atoms with van der Waals surface area (Å²) >= 11 is 0. The number of benzene rings is 2. The lowest BCUT2D eigenvalue weighted by Gasteiger charge is -2.24. The molecule has 2 atom stereocenters. The zero-order valence-electron chi connectivity index (χ0n) is 16.9. The zero-order chi connectivity index (χ0) is 21.8. The lowest BCUT2D eigenvalue weighted by atomic mass is 9.90. The summed E-state index contributed by atoms with van der Waals surface area (Å²) in [4.78, 5) is 35.2. The van der Waals surface area contributed by atoms with Crippen LogP contribution >= 0.6 is 0 Å². The van der Waals surface area contributed by atoms with Crippen molar-refractivity contribution in [1.29, 1.82) is 0 Å². The van der Waals surface area contributed by atoms with Gasteiger partial charge < -0.3 is 20.5 Å². The van der Waals surface area contributed by atoms with Gasteiger partial charge in [0.15, 0.2) is 0 Å². The number of allylic oxidation sites excluding steroid dienone is 1. The van der Waals surface area contributed by atoms with E-state index in [0.717, 1.165) is 22.3 Å². The molecule has 160 valence electrons. The van der Waals surface area contributed by atoms with E-state index in [1.807, 2.05) is 36.4 Å². The highest BCUT2D eigenvalue weighted by Crippen LogP contribution is 2.44. The Kier molecular flexibility index (Phi) is 6.02. The fourth-order valence-electron chi connectivity index (χ4n) is 4.31. The molecule has 2 aliphatic rings. The molecule has 0 spiro atoms. The van der Waals surface area contributed by atoms with E-state index in [2.05, 4.69) is 34.9 Å². The number of ether oxygens (including phenoxy) is 1. The Morgan fingerprint density at radius 2 is 1.65 bits per heavy atom. The third kappa shape index (κ3) is 4.60. The van der Waals surface area contributed by atoms with E-state index in [4.69, 9.17) is 9.84 Å². The van der Waals surface area contributed by atoms with Crippen LogP contribution in [0.5, 0.6) is 0 Å². The van der Waals surface area contributed by atoms with Crippen LogP contribution in [0.1, 0.15) is 29.9 Å². The molecule has 0 aliphatic heterocycles. The minimum Gasteiger partial charge on any atom is -0.480 e. The van der Waals surface area contributed by atoms with Crippen LogP contribution in [-0.2, 0) is 14.3 Å². The smallest absolute Gasteiger partial charge is 0.407 e. The Hall–Kier alpha value is -3.61. The number of hydrogen-bond donors (Lipinski definition) is 3. The third-order valence-corrected chi connectivity index (χ3v) is 5.76. The maximum absolute atomic E-state index is 12.4. The third-order valence-electron chi connectivity index (χ3n) is 5.76. The molecule has 2 aromatic carbocycles. The van der Waals surface area contributed by atoms with Crippen molar-refractivity contribution in [2.75, 3.05) is 13.2 Å². The van der Waals surface area contributed by atoms with Crippen molar-refractivity contribution in [3.8, 4) is 11.1 Å². The molecule has 0 bridgehead atoms. The summed E-state index contributed by atoms with van der Waals surface area (Å²) in [5, 5.41) is 13.9. The van der Waals surface area contributed by atoms with Crippen molar-refractivity contribution in [3.63, 3.8) is 0 Å². The first-order valence-corrected chi connectivity index (χ1v) is 10.3. The van der Waals surface area contributed by atoms with Crippen molar-refractivity contribution in [3.05, 3.63) is 71.8 Å². The molecule has 3 N–H and O–H groups in total. The molecule has 7 heteroatoms. The second kappa shape index (κ2) is 9.04. The van der Waals surface area contributed by atoms with Crippen molar-refractivity contribution in [2.24, 2.45) is 5.92 Å². The number of amides is 2. The molecule has 0 radical (unpaired) electrons. The Morgan fingerprint density at radius 3 is 2.29 bits per heavy atom. The van der Waals surface area contributed by atoms with Gasteiger partial charge in [0.1, 0.15) is 13.2 Å². The Bertz CT molecular complexity index is 987. The van der Waals surface area contributed by atoms with E-state index in [9.17, 15) is 14.4 Å². The second-order valence-electron chi connectivity index (χ2n) is 7.78. The van der Waals surface area contributed by atoms with E-state index in [-0.39, 0.29) is 30.4 Å². The van der Waals surface area contributed by atoms with E-state index in [1.54, 1.807) is 0 Å². The monoisotopic (exact) mass is 420 g/mol. The minimum atomic E-state index is -1.09. The van der Waals surface area contributed by atoms with E-state index in [0.29, 0.717) is 12.8 Å². The van der Waals surface area contributed by atoms with Gasteiger partial charge in [-0.2, -0.15) is 0 Å². The average molecular weight is 420 g/mol. The van der Waals surface area contributed by atoms with E-state index >= 15 is 0 Å². The van der Waals surface area contributed by atoms with Crippen LogP contribution in [0.25, 0.3) is 11.1 Å². The Morgan fingerprint density at radius 1 is 1.00 bits per heavy atom. The lowest BCUT2D eigenvalue weighted by molar-refractivity contribution is -0.138. The average Bonchev–Trinajstić information content (AvgIpc) is 3.10. The van der Waals surface area contributed by atoms with Crippen LogP contribution in [-0.4, -0.2) is 42.3 Å². The molecule has 0 saturated carbocycles. The maximum Gasteiger partial charge on any atom is 0.407 e. The van der Waals surface area contributed by atoms with Crippen LogP contribution in [0.15, 0.2) is 60.7 Å². The predicted octanol–water partition coefficient (Wildman–Crippen LogP) is 3.06. The number of carboxylic acids is 1. The van der Waals surface area contributed by atoms with Crippen LogP contribution in [0, 0.1) is 5.92 Å². The first-order chi connectivity index (χ1) is 15.0. The Balaban J connectivity index is 1.34. The molecule has 4 rings (SSSR count). The zero-order valence-corrected chi connectivity index (χ0v) is 16.9. The van der Waals surface area contributed by atoms with Crippen LogP contribution < -0.4 is 10.6 Å². The fourth-order valence-corrected chi connectivity index (χ4v) is 4.31. The molecule has 0 heterocycles. The largest absolute Gasteiger partial charge is 0.480 e. The highest BCUT2D eigenvalue weighted by atomic mass is 16.5. The van der Waals surface area contributed by atoms with Gasteiger partial charge in [-0.15, -0.1) is 0 Å². The van der Waals surface area contributed by atoms with Gasteiger partial charge in [-0.3, -0.25) is 9.59 Å². The normalized spacial score (nSPS) is 19.2. The van der Waals surface area contributed by atoms with E-state index in [1.165, 1.54) is 0 Å². The van der Waals surface area contributed by atoms with Crippen molar-refractivity contribution >= 4 is 18.0 Å². The molecule has 2 aromatic rings. The fraction of sp³-hybridized carbons (Fsp3) is 0.292. The summed E-state index contributed by atoms with van der Waals surface area (Å²) in [6, 6.07) is 15.9. The molecule has 0 fully saturated rings. The van der Waals surface area contributed by atoms with Gasteiger partial charge in [0.2, 0.25) is 5.91 Å². The highest BCUT2D eigenvalue weighted by Gasteiger charge is 2.30. The summed E-state index contributed by atoms with van der Waals surface area (Å²) in [5.74, 6) is -1.82. The molecular formula is C24H24N2O5. The van der Waals surface area contributed by atoms with Crippen LogP contribution in [0.4, 0.5) is 4.79 Å². The van der Waals surface area contributed by atoms with Crippen LogP contribution in [0.3, 0.4) is 0 Å². The summed E-state index contributed by atoms with van der Waals surface area (Å²) in [6.07, 6.45) is 4.02. The van der Waals surface area contributed by atoms with Gasteiger partial charge in [0, 0.05) is 11.8 Å². The summed E-state index contributed by atoms with van der Waals surface area (Å²) in [6.45, 7) is -0.192.